The number of aliphatic carboxylic acids is 1. The second-order valence-corrected chi connectivity index (χ2v) is 7.94. The lowest BCUT2D eigenvalue weighted by molar-refractivity contribution is -0.139. The van der Waals surface area contributed by atoms with E-state index in [9.17, 15) is 19.8 Å². The minimum atomic E-state index is -1.20. The quantitative estimate of drug-likeness (QED) is 0.458. The molecule has 1 amide bonds. The summed E-state index contributed by atoms with van der Waals surface area (Å²) in [7, 11) is 0. The second-order valence-electron chi connectivity index (χ2n) is 7.13. The third kappa shape index (κ3) is 5.44. The van der Waals surface area contributed by atoms with E-state index in [4.69, 9.17) is 23.2 Å². The number of hydrogen-bond donors (Lipinski definition) is 3. The molecule has 0 aliphatic rings. The molecule has 0 saturated heterocycles. The molecule has 3 N–H and O–H groups in total. The Hall–Kier alpha value is -2.86. The summed E-state index contributed by atoms with van der Waals surface area (Å²) in [5.41, 5.74) is 3.17. The number of nitrogens with one attached hydrogen (secondary N) is 1. The molecule has 3 aromatic carbocycles. The van der Waals surface area contributed by atoms with Crippen molar-refractivity contribution in [2.75, 3.05) is 0 Å². The van der Waals surface area contributed by atoms with E-state index >= 15 is 0 Å². The van der Waals surface area contributed by atoms with E-state index in [-0.39, 0.29) is 22.0 Å². The van der Waals surface area contributed by atoms with Gasteiger partial charge < -0.3 is 15.5 Å². The predicted octanol–water partition coefficient (Wildman–Crippen LogP) is 5.14. The molecule has 0 spiro atoms. The first kappa shape index (κ1) is 22.8. The molecule has 0 radical (unpaired) electrons. The van der Waals surface area contributed by atoms with E-state index in [1.54, 1.807) is 25.1 Å². The normalized spacial score (nSPS) is 12.8. The molecule has 0 saturated carbocycles. The van der Waals surface area contributed by atoms with Crippen LogP contribution in [-0.4, -0.2) is 28.1 Å². The van der Waals surface area contributed by atoms with Crippen molar-refractivity contribution >= 4 is 35.1 Å². The topological polar surface area (TPSA) is 86.6 Å². The van der Waals surface area contributed by atoms with Crippen LogP contribution in [0.5, 0.6) is 0 Å². The van der Waals surface area contributed by atoms with Gasteiger partial charge in [-0.2, -0.15) is 0 Å². The van der Waals surface area contributed by atoms with Crippen LogP contribution in [0.2, 0.25) is 10.0 Å². The number of aliphatic hydroxyl groups excluding tert-OH is 1. The minimum absolute atomic E-state index is 0.0257. The highest BCUT2D eigenvalue weighted by Gasteiger charge is 2.24. The van der Waals surface area contributed by atoms with E-state index in [0.29, 0.717) is 11.1 Å². The van der Waals surface area contributed by atoms with Gasteiger partial charge in [-0.05, 0) is 41.3 Å². The van der Waals surface area contributed by atoms with Crippen LogP contribution in [0.3, 0.4) is 0 Å². The number of carboxylic acids is 1. The molecule has 0 aliphatic heterocycles. The van der Waals surface area contributed by atoms with E-state index < -0.39 is 24.0 Å². The fraction of sp³-hybridized carbons (Fsp3) is 0.167. The summed E-state index contributed by atoms with van der Waals surface area (Å²) in [5.74, 6) is -1.86. The number of aliphatic hydroxyl groups is 1. The Kier molecular flexibility index (Phi) is 7.33. The Labute approximate surface area is 190 Å². The van der Waals surface area contributed by atoms with Crippen LogP contribution in [-0.2, 0) is 11.2 Å². The first-order valence-electron chi connectivity index (χ1n) is 9.62. The Bertz CT molecular complexity index is 1080. The SMILES string of the molecule is CC(O)c1cc(C[C@H](NC(=O)c2c(Cl)cccc2Cl)C(=O)O)ccc1-c1ccccc1. The average Bonchev–Trinajstić information content (AvgIpc) is 2.73. The molecular weight excluding hydrogens is 437 g/mol. The highest BCUT2D eigenvalue weighted by Crippen LogP contribution is 2.30. The van der Waals surface area contributed by atoms with Gasteiger partial charge in [0, 0.05) is 6.42 Å². The molecule has 0 bridgehead atoms. The molecular formula is C24H21Cl2NO4. The van der Waals surface area contributed by atoms with Crippen LogP contribution < -0.4 is 5.32 Å². The predicted molar refractivity (Wildman–Crippen MR) is 122 cm³/mol. The number of carboxylic acid groups (broad SMARTS) is 1. The van der Waals surface area contributed by atoms with Gasteiger partial charge in [-0.25, -0.2) is 4.79 Å². The van der Waals surface area contributed by atoms with Gasteiger partial charge >= 0.3 is 5.97 Å². The largest absolute Gasteiger partial charge is 0.480 e. The fourth-order valence-electron chi connectivity index (χ4n) is 3.35. The molecule has 0 heterocycles. The zero-order chi connectivity index (χ0) is 22.5. The molecule has 0 aliphatic carbocycles. The third-order valence-corrected chi connectivity index (χ3v) is 5.51. The number of rotatable bonds is 7. The number of benzene rings is 3. The van der Waals surface area contributed by atoms with Gasteiger partial charge in [-0.15, -0.1) is 0 Å². The highest BCUT2D eigenvalue weighted by molar-refractivity contribution is 6.39. The zero-order valence-electron chi connectivity index (χ0n) is 16.7. The number of carbonyl (C=O) groups excluding carboxylic acids is 1. The molecule has 0 fully saturated rings. The van der Waals surface area contributed by atoms with Crippen LogP contribution in [0.15, 0.2) is 66.7 Å². The molecule has 0 aromatic heterocycles. The number of hydrogen-bond acceptors (Lipinski definition) is 3. The monoisotopic (exact) mass is 457 g/mol. The molecule has 7 heteroatoms. The van der Waals surface area contributed by atoms with Gasteiger partial charge in [0.05, 0.1) is 21.7 Å². The van der Waals surface area contributed by atoms with Crippen molar-refractivity contribution < 1.29 is 19.8 Å². The third-order valence-electron chi connectivity index (χ3n) is 4.88. The minimum Gasteiger partial charge on any atom is -0.480 e. The van der Waals surface area contributed by atoms with Crippen LogP contribution in [0.1, 0.15) is 34.5 Å². The van der Waals surface area contributed by atoms with Crippen molar-refractivity contribution in [3.63, 3.8) is 0 Å². The van der Waals surface area contributed by atoms with Gasteiger partial charge in [-0.3, -0.25) is 4.79 Å². The smallest absolute Gasteiger partial charge is 0.326 e. The Balaban J connectivity index is 1.87. The van der Waals surface area contributed by atoms with Crippen molar-refractivity contribution in [3.8, 4) is 11.1 Å². The van der Waals surface area contributed by atoms with Crippen molar-refractivity contribution in [1.82, 2.24) is 5.32 Å². The number of carbonyl (C=O) groups is 2. The lowest BCUT2D eigenvalue weighted by Crippen LogP contribution is -2.42. The van der Waals surface area contributed by atoms with Crippen LogP contribution in [0.25, 0.3) is 11.1 Å². The maximum atomic E-state index is 12.6. The van der Waals surface area contributed by atoms with Gasteiger partial charge in [0.25, 0.3) is 5.91 Å². The Morgan fingerprint density at radius 2 is 1.61 bits per heavy atom. The maximum Gasteiger partial charge on any atom is 0.326 e. The number of amides is 1. The fourth-order valence-corrected chi connectivity index (χ4v) is 3.92. The van der Waals surface area contributed by atoms with Gasteiger partial charge in [0.15, 0.2) is 0 Å². The highest BCUT2D eigenvalue weighted by atomic mass is 35.5. The molecule has 2 atom stereocenters. The summed E-state index contributed by atoms with van der Waals surface area (Å²) in [5, 5.41) is 22.7. The first-order valence-corrected chi connectivity index (χ1v) is 10.4. The standard InChI is InChI=1S/C24H21Cl2NO4/c1-14(28)18-12-15(10-11-17(18)16-6-3-2-4-7-16)13-21(24(30)31)27-23(29)22-19(25)8-5-9-20(22)26/h2-12,14,21,28H,13H2,1H3,(H,27,29)(H,30,31)/t14?,21-/m0/s1. The summed E-state index contributed by atoms with van der Waals surface area (Å²) in [6, 6.07) is 18.4. The van der Waals surface area contributed by atoms with Gasteiger partial charge in [-0.1, -0.05) is 77.8 Å². The summed E-state index contributed by atoms with van der Waals surface area (Å²) in [4.78, 5) is 24.4. The first-order chi connectivity index (χ1) is 14.8. The maximum absolute atomic E-state index is 12.6. The molecule has 5 nitrogen and oxygen atoms in total. The second kappa shape index (κ2) is 9.96. The van der Waals surface area contributed by atoms with E-state index in [2.05, 4.69) is 5.32 Å². The van der Waals surface area contributed by atoms with Crippen LogP contribution in [0, 0.1) is 0 Å². The average molecular weight is 458 g/mol. The van der Waals surface area contributed by atoms with E-state index in [1.807, 2.05) is 36.4 Å². The van der Waals surface area contributed by atoms with Crippen LogP contribution >= 0.6 is 23.2 Å². The van der Waals surface area contributed by atoms with Crippen molar-refractivity contribution in [2.45, 2.75) is 25.5 Å². The van der Waals surface area contributed by atoms with E-state index in [1.165, 1.54) is 12.1 Å². The lowest BCUT2D eigenvalue weighted by Gasteiger charge is -2.18. The van der Waals surface area contributed by atoms with Crippen molar-refractivity contribution in [3.05, 3.63) is 93.5 Å². The summed E-state index contributed by atoms with van der Waals surface area (Å²) in [6.45, 7) is 1.65. The van der Waals surface area contributed by atoms with E-state index in [0.717, 1.165) is 11.1 Å². The van der Waals surface area contributed by atoms with Crippen LogP contribution in [0.4, 0.5) is 0 Å². The molecule has 3 aromatic rings. The van der Waals surface area contributed by atoms with Gasteiger partial charge in [0.2, 0.25) is 0 Å². The lowest BCUT2D eigenvalue weighted by atomic mass is 9.93. The molecule has 31 heavy (non-hydrogen) atoms. The summed E-state index contributed by atoms with van der Waals surface area (Å²) < 4.78 is 0. The Morgan fingerprint density at radius 3 is 2.19 bits per heavy atom. The number of halogens is 2. The molecule has 1 unspecified atom stereocenters. The van der Waals surface area contributed by atoms with Crippen molar-refractivity contribution in [1.29, 1.82) is 0 Å². The Morgan fingerprint density at radius 1 is 0.968 bits per heavy atom. The van der Waals surface area contributed by atoms with Gasteiger partial charge in [0.1, 0.15) is 6.04 Å². The molecule has 160 valence electrons. The zero-order valence-corrected chi connectivity index (χ0v) is 18.2. The molecule has 3 rings (SSSR count). The summed E-state index contributed by atoms with van der Waals surface area (Å²) in [6.07, 6.45) is -0.729. The summed E-state index contributed by atoms with van der Waals surface area (Å²) >= 11 is 12.1. The van der Waals surface area contributed by atoms with Crippen molar-refractivity contribution in [2.24, 2.45) is 0 Å².